The van der Waals surface area contributed by atoms with Gasteiger partial charge in [-0.3, -0.25) is 0 Å². The van der Waals surface area contributed by atoms with Crippen molar-refractivity contribution in [3.8, 4) is 0 Å². The molecule has 0 aliphatic heterocycles. The molecule has 0 radical (unpaired) electrons. The van der Waals surface area contributed by atoms with Gasteiger partial charge in [-0.05, 0) is 31.0 Å². The Morgan fingerprint density at radius 3 is 2.93 bits per heavy atom. The summed E-state index contributed by atoms with van der Waals surface area (Å²) in [6, 6.07) is 2.32. The molecule has 0 saturated carbocycles. The molecule has 1 unspecified atom stereocenters. The van der Waals surface area contributed by atoms with Crippen LogP contribution in [0.1, 0.15) is 22.3 Å². The van der Waals surface area contributed by atoms with Gasteiger partial charge in [-0.1, -0.05) is 0 Å². The number of nitrogens with zero attached hydrogens (tertiary/aromatic N) is 1. The second-order valence-electron chi connectivity index (χ2n) is 3.16. The lowest BCUT2D eigenvalue weighted by Crippen LogP contribution is -2.18. The number of H-pyrrole nitrogens is 1. The maximum absolute atomic E-state index is 4.27. The van der Waals surface area contributed by atoms with Crippen LogP contribution in [0.5, 0.6) is 0 Å². The standard InChI is InChI=1S/C10H13N3S/c1-7-3-6-14-9(7)8(11-2)10-12-4-5-13-10/h3-6,8,11H,1-2H3,(H,12,13). The van der Waals surface area contributed by atoms with Crippen LogP contribution in [0.2, 0.25) is 0 Å². The number of imidazole rings is 1. The van der Waals surface area contributed by atoms with E-state index in [1.54, 1.807) is 17.5 Å². The van der Waals surface area contributed by atoms with E-state index in [-0.39, 0.29) is 6.04 Å². The van der Waals surface area contributed by atoms with Gasteiger partial charge in [-0.2, -0.15) is 0 Å². The second-order valence-corrected chi connectivity index (χ2v) is 4.11. The molecular weight excluding hydrogens is 194 g/mol. The van der Waals surface area contributed by atoms with Gasteiger partial charge in [-0.25, -0.2) is 4.98 Å². The van der Waals surface area contributed by atoms with Gasteiger partial charge >= 0.3 is 0 Å². The molecule has 0 aliphatic carbocycles. The maximum atomic E-state index is 4.27. The SMILES string of the molecule is CNC(c1ncc[nH]1)c1sccc1C. The zero-order chi connectivity index (χ0) is 9.97. The van der Waals surface area contributed by atoms with Crippen molar-refractivity contribution in [3.63, 3.8) is 0 Å². The van der Waals surface area contributed by atoms with Crippen LogP contribution in [-0.2, 0) is 0 Å². The van der Waals surface area contributed by atoms with Gasteiger partial charge in [-0.15, -0.1) is 11.3 Å². The average Bonchev–Trinajstić information content (AvgIpc) is 2.80. The minimum Gasteiger partial charge on any atom is -0.347 e. The molecule has 14 heavy (non-hydrogen) atoms. The van der Waals surface area contributed by atoms with E-state index in [0.717, 1.165) is 5.82 Å². The Hall–Kier alpha value is -1.13. The summed E-state index contributed by atoms with van der Waals surface area (Å²) in [6.45, 7) is 2.12. The summed E-state index contributed by atoms with van der Waals surface area (Å²) in [4.78, 5) is 8.73. The largest absolute Gasteiger partial charge is 0.347 e. The first-order valence-corrected chi connectivity index (χ1v) is 5.41. The van der Waals surface area contributed by atoms with Crippen LogP contribution in [0, 0.1) is 6.92 Å². The summed E-state index contributed by atoms with van der Waals surface area (Å²) in [5.74, 6) is 0.970. The molecule has 74 valence electrons. The molecule has 2 aromatic rings. The first kappa shape index (κ1) is 9.43. The maximum Gasteiger partial charge on any atom is 0.128 e. The highest BCUT2D eigenvalue weighted by Gasteiger charge is 2.16. The normalized spacial score (nSPS) is 13.0. The summed E-state index contributed by atoms with van der Waals surface area (Å²) >= 11 is 1.76. The molecule has 0 fully saturated rings. The lowest BCUT2D eigenvalue weighted by molar-refractivity contribution is 0.663. The van der Waals surface area contributed by atoms with E-state index in [4.69, 9.17) is 0 Å². The summed E-state index contributed by atoms with van der Waals surface area (Å²) in [7, 11) is 1.95. The summed E-state index contributed by atoms with van der Waals surface area (Å²) < 4.78 is 0. The molecule has 3 nitrogen and oxygen atoms in total. The van der Waals surface area contributed by atoms with Gasteiger partial charge in [0.15, 0.2) is 0 Å². The Morgan fingerprint density at radius 2 is 2.43 bits per heavy atom. The predicted molar refractivity (Wildman–Crippen MR) is 58.5 cm³/mol. The van der Waals surface area contributed by atoms with Crippen molar-refractivity contribution < 1.29 is 0 Å². The van der Waals surface area contributed by atoms with Crippen LogP contribution < -0.4 is 5.32 Å². The topological polar surface area (TPSA) is 40.7 Å². The molecule has 0 aliphatic rings. The fourth-order valence-corrected chi connectivity index (χ4v) is 2.55. The number of hydrogen-bond acceptors (Lipinski definition) is 3. The third-order valence-electron chi connectivity index (χ3n) is 2.25. The van der Waals surface area contributed by atoms with Gasteiger partial charge in [0, 0.05) is 17.3 Å². The van der Waals surface area contributed by atoms with E-state index in [1.807, 2.05) is 13.2 Å². The first-order chi connectivity index (χ1) is 6.83. The van der Waals surface area contributed by atoms with E-state index in [2.05, 4.69) is 33.7 Å². The smallest absolute Gasteiger partial charge is 0.128 e. The molecule has 2 aromatic heterocycles. The monoisotopic (exact) mass is 207 g/mol. The number of rotatable bonds is 3. The van der Waals surface area contributed by atoms with E-state index >= 15 is 0 Å². The van der Waals surface area contributed by atoms with Crippen LogP contribution in [-0.4, -0.2) is 17.0 Å². The van der Waals surface area contributed by atoms with E-state index in [0.29, 0.717) is 0 Å². The molecule has 2 heterocycles. The first-order valence-electron chi connectivity index (χ1n) is 4.53. The Kier molecular flexibility index (Phi) is 2.65. The highest BCUT2D eigenvalue weighted by molar-refractivity contribution is 7.10. The number of aryl methyl sites for hydroxylation is 1. The van der Waals surface area contributed by atoms with Crippen molar-refractivity contribution in [2.45, 2.75) is 13.0 Å². The van der Waals surface area contributed by atoms with Gasteiger partial charge in [0.1, 0.15) is 11.9 Å². The van der Waals surface area contributed by atoms with Crippen molar-refractivity contribution in [3.05, 3.63) is 40.1 Å². The molecule has 0 bridgehead atoms. The molecule has 4 heteroatoms. The van der Waals surface area contributed by atoms with E-state index in [1.165, 1.54) is 10.4 Å². The lowest BCUT2D eigenvalue weighted by Gasteiger charge is -2.12. The molecule has 0 aromatic carbocycles. The third-order valence-corrected chi connectivity index (χ3v) is 3.33. The third kappa shape index (κ3) is 1.58. The van der Waals surface area contributed by atoms with Crippen molar-refractivity contribution in [1.29, 1.82) is 0 Å². The zero-order valence-electron chi connectivity index (χ0n) is 8.24. The zero-order valence-corrected chi connectivity index (χ0v) is 9.06. The molecule has 2 rings (SSSR count). The summed E-state index contributed by atoms with van der Waals surface area (Å²) in [6.07, 6.45) is 3.63. The van der Waals surface area contributed by atoms with Crippen LogP contribution >= 0.6 is 11.3 Å². The molecular formula is C10H13N3S. The van der Waals surface area contributed by atoms with Gasteiger partial charge in [0.05, 0.1) is 0 Å². The second kappa shape index (κ2) is 3.94. The Bertz CT molecular complexity index is 391. The molecule has 0 saturated heterocycles. The van der Waals surface area contributed by atoms with Crippen LogP contribution in [0.15, 0.2) is 23.8 Å². The van der Waals surface area contributed by atoms with Gasteiger partial charge < -0.3 is 10.3 Å². The lowest BCUT2D eigenvalue weighted by atomic mass is 10.1. The fourth-order valence-electron chi connectivity index (χ4n) is 1.51. The average molecular weight is 207 g/mol. The number of aromatic nitrogens is 2. The predicted octanol–water partition coefficient (Wildman–Crippen LogP) is 2.09. The Labute approximate surface area is 87.2 Å². The number of thiophene rings is 1. The molecule has 0 spiro atoms. The van der Waals surface area contributed by atoms with Crippen molar-refractivity contribution in [2.24, 2.45) is 0 Å². The summed E-state index contributed by atoms with van der Waals surface area (Å²) in [5.41, 5.74) is 1.31. The van der Waals surface area contributed by atoms with Crippen LogP contribution in [0.25, 0.3) is 0 Å². The molecule has 0 amide bonds. The number of aromatic amines is 1. The van der Waals surface area contributed by atoms with Crippen molar-refractivity contribution >= 4 is 11.3 Å². The Balaban J connectivity index is 2.36. The quantitative estimate of drug-likeness (QED) is 0.809. The highest BCUT2D eigenvalue weighted by atomic mass is 32.1. The van der Waals surface area contributed by atoms with E-state index in [9.17, 15) is 0 Å². The Morgan fingerprint density at radius 1 is 1.57 bits per heavy atom. The number of nitrogens with one attached hydrogen (secondary N) is 2. The van der Waals surface area contributed by atoms with Crippen molar-refractivity contribution in [1.82, 2.24) is 15.3 Å². The highest BCUT2D eigenvalue weighted by Crippen LogP contribution is 2.26. The fraction of sp³-hybridized carbons (Fsp3) is 0.300. The number of hydrogen-bond donors (Lipinski definition) is 2. The van der Waals surface area contributed by atoms with E-state index < -0.39 is 0 Å². The van der Waals surface area contributed by atoms with Crippen LogP contribution in [0.3, 0.4) is 0 Å². The minimum atomic E-state index is 0.185. The van der Waals surface area contributed by atoms with Crippen molar-refractivity contribution in [2.75, 3.05) is 7.05 Å². The minimum absolute atomic E-state index is 0.185. The summed E-state index contributed by atoms with van der Waals surface area (Å²) in [5, 5.41) is 5.37. The van der Waals surface area contributed by atoms with Gasteiger partial charge in [0.2, 0.25) is 0 Å². The molecule has 2 N–H and O–H groups in total. The van der Waals surface area contributed by atoms with Crippen LogP contribution in [0.4, 0.5) is 0 Å². The molecule has 1 atom stereocenters. The van der Waals surface area contributed by atoms with Gasteiger partial charge in [0.25, 0.3) is 0 Å².